The first-order valence-corrected chi connectivity index (χ1v) is 14.9. The van der Waals surface area contributed by atoms with Gasteiger partial charge in [-0.25, -0.2) is 23.7 Å². The van der Waals surface area contributed by atoms with Crippen LogP contribution in [0.5, 0.6) is 0 Å². The molecule has 8 nitrogen and oxygen atoms in total. The quantitative estimate of drug-likeness (QED) is 0.416. The monoisotopic (exact) mass is 585 g/mol. The summed E-state index contributed by atoms with van der Waals surface area (Å²) in [6.07, 6.45) is 11.3. The Balaban J connectivity index is 1.24. The number of amides is 1. The molecule has 0 bridgehead atoms. The number of aryl methyl sites for hydroxylation is 1. The van der Waals surface area contributed by atoms with E-state index in [9.17, 15) is 4.79 Å². The van der Waals surface area contributed by atoms with Crippen LogP contribution in [0, 0.1) is 23.6 Å². The first kappa shape index (κ1) is 28.9. The molecule has 4 aliphatic rings. The van der Waals surface area contributed by atoms with Crippen molar-refractivity contribution in [2.24, 2.45) is 25.8 Å². The van der Waals surface area contributed by atoms with E-state index in [0.29, 0.717) is 48.5 Å². The molecule has 1 amide bonds. The van der Waals surface area contributed by atoms with Crippen molar-refractivity contribution in [2.75, 3.05) is 13.1 Å². The number of benzene rings is 1. The summed E-state index contributed by atoms with van der Waals surface area (Å²) in [5.41, 5.74) is 3.75. The molecular formula is C33H37F2N7O. The number of halogens is 2. The molecule has 1 saturated heterocycles. The lowest BCUT2D eigenvalue weighted by Gasteiger charge is -2.39. The Kier molecular flexibility index (Phi) is 7.29. The van der Waals surface area contributed by atoms with E-state index in [1.165, 1.54) is 12.1 Å². The second-order valence-electron chi connectivity index (χ2n) is 12.6. The Bertz CT molecular complexity index is 1720. The smallest absolute Gasteiger partial charge is 0.223 e. The maximum atomic E-state index is 15.4. The Morgan fingerprint density at radius 1 is 1.14 bits per heavy atom. The number of carbonyl (C=O) groups is 1. The molecule has 224 valence electrons. The lowest BCUT2D eigenvalue weighted by Crippen LogP contribution is -2.47. The summed E-state index contributed by atoms with van der Waals surface area (Å²) >= 11 is 0. The zero-order valence-electron chi connectivity index (χ0n) is 25.3. The second kappa shape index (κ2) is 10.8. The predicted molar refractivity (Wildman–Crippen MR) is 165 cm³/mol. The van der Waals surface area contributed by atoms with Crippen LogP contribution in [0.3, 0.4) is 0 Å². The van der Waals surface area contributed by atoms with Gasteiger partial charge in [-0.3, -0.25) is 9.79 Å². The molecule has 1 fully saturated rings. The van der Waals surface area contributed by atoms with E-state index in [1.807, 2.05) is 48.7 Å². The average molecular weight is 586 g/mol. The first-order chi connectivity index (χ1) is 20.5. The summed E-state index contributed by atoms with van der Waals surface area (Å²) in [5, 5.41) is 3.17. The van der Waals surface area contributed by atoms with E-state index in [2.05, 4.69) is 44.9 Å². The SMILES string of the molecule is Cc1nc2c(F)cc(C3=NC(NC4=CCC(C)(C(C)N5CC6(C=NCC6)CC5=O)C=N4)=C=CCC=C3F)cc2n1C(C)C. The van der Waals surface area contributed by atoms with Gasteiger partial charge in [0.2, 0.25) is 5.91 Å². The van der Waals surface area contributed by atoms with Gasteiger partial charge in [0.15, 0.2) is 11.6 Å². The topological polar surface area (TPSA) is 87.2 Å². The standard InChI is InChI=1S/C33H37F2N7O/c1-20(2)42-22(4)38-31-25(35)14-23(15-26(31)42)30-24(34)8-6-7-9-28(40-30)39-27-10-11-32(5,17-37-27)21(3)41-19-33(16-29(41)43)12-13-36-18-33/h7-8,10,14-15,17-18,20-21,39H,6,11-13,16,19H2,1-5H3. The van der Waals surface area contributed by atoms with Crippen molar-refractivity contribution in [1.29, 1.82) is 0 Å². The summed E-state index contributed by atoms with van der Waals surface area (Å²) in [5.74, 6) is 0.585. The van der Waals surface area contributed by atoms with E-state index in [-0.39, 0.29) is 45.9 Å². The summed E-state index contributed by atoms with van der Waals surface area (Å²) in [7, 11) is 0. The molecule has 0 radical (unpaired) electrons. The predicted octanol–water partition coefficient (Wildman–Crippen LogP) is 6.10. The van der Waals surface area contributed by atoms with Crippen LogP contribution in [0.15, 0.2) is 68.5 Å². The molecule has 3 unspecified atom stereocenters. The highest BCUT2D eigenvalue weighted by atomic mass is 19.1. The lowest BCUT2D eigenvalue weighted by atomic mass is 9.79. The van der Waals surface area contributed by atoms with Gasteiger partial charge in [0.1, 0.15) is 28.7 Å². The molecule has 1 aromatic heterocycles. The number of hydrogen-bond acceptors (Lipinski definition) is 6. The third kappa shape index (κ3) is 5.29. The zero-order valence-corrected chi connectivity index (χ0v) is 25.3. The van der Waals surface area contributed by atoms with E-state index in [1.54, 1.807) is 12.1 Å². The number of nitrogens with zero attached hydrogens (tertiary/aromatic N) is 6. The summed E-state index contributed by atoms with van der Waals surface area (Å²) in [4.78, 5) is 33.0. The van der Waals surface area contributed by atoms with Gasteiger partial charge in [-0.05, 0) is 77.3 Å². The number of aliphatic imine (C=N–C) groups is 3. The molecule has 0 saturated carbocycles. The van der Waals surface area contributed by atoms with E-state index < -0.39 is 11.6 Å². The number of fused-ring (bicyclic) bond motifs is 1. The van der Waals surface area contributed by atoms with Crippen molar-refractivity contribution in [2.45, 2.75) is 72.4 Å². The van der Waals surface area contributed by atoms with Crippen molar-refractivity contribution in [3.63, 3.8) is 0 Å². The van der Waals surface area contributed by atoms with Crippen LogP contribution in [-0.2, 0) is 4.79 Å². The highest BCUT2D eigenvalue weighted by Gasteiger charge is 2.48. The van der Waals surface area contributed by atoms with E-state index in [4.69, 9.17) is 0 Å². The minimum Gasteiger partial charge on any atom is -0.338 e. The van der Waals surface area contributed by atoms with E-state index >= 15 is 8.78 Å². The minimum absolute atomic E-state index is 0.00818. The largest absolute Gasteiger partial charge is 0.338 e. The van der Waals surface area contributed by atoms with Crippen LogP contribution in [0.25, 0.3) is 11.0 Å². The molecule has 4 aliphatic heterocycles. The Morgan fingerprint density at radius 2 is 1.95 bits per heavy atom. The Hall–Kier alpha value is -4.17. The molecule has 3 atom stereocenters. The molecule has 1 aromatic carbocycles. The van der Waals surface area contributed by atoms with Gasteiger partial charge in [-0.15, -0.1) is 0 Å². The molecule has 1 spiro atoms. The number of rotatable bonds is 6. The van der Waals surface area contributed by atoms with Gasteiger partial charge in [-0.2, -0.15) is 0 Å². The fraction of sp³-hybridized carbons (Fsp3) is 0.455. The third-order valence-corrected chi connectivity index (χ3v) is 9.13. The first-order valence-electron chi connectivity index (χ1n) is 14.9. The van der Waals surface area contributed by atoms with Crippen LogP contribution >= 0.6 is 0 Å². The minimum atomic E-state index is -0.550. The summed E-state index contributed by atoms with van der Waals surface area (Å²) < 4.78 is 32.6. The van der Waals surface area contributed by atoms with Gasteiger partial charge in [0.05, 0.1) is 5.52 Å². The maximum absolute atomic E-state index is 15.4. The van der Waals surface area contributed by atoms with Gasteiger partial charge in [-0.1, -0.05) is 12.7 Å². The van der Waals surface area contributed by atoms with Crippen LogP contribution in [0.1, 0.15) is 70.8 Å². The molecule has 1 N–H and O–H groups in total. The van der Waals surface area contributed by atoms with Crippen molar-refractivity contribution in [1.82, 2.24) is 19.8 Å². The van der Waals surface area contributed by atoms with Crippen molar-refractivity contribution >= 4 is 35.1 Å². The summed E-state index contributed by atoms with van der Waals surface area (Å²) in [6.45, 7) is 11.5. The lowest BCUT2D eigenvalue weighted by molar-refractivity contribution is -0.130. The average Bonchev–Trinajstić information content (AvgIpc) is 3.65. The van der Waals surface area contributed by atoms with Gasteiger partial charge < -0.3 is 14.8 Å². The number of imidazole rings is 1. The number of likely N-dealkylation sites (tertiary alicyclic amines) is 1. The molecule has 43 heavy (non-hydrogen) atoms. The van der Waals surface area contributed by atoms with Gasteiger partial charge in [0.25, 0.3) is 0 Å². The number of carbonyl (C=O) groups excluding carboxylic acids is 1. The number of hydrogen-bond donors (Lipinski definition) is 1. The number of allylic oxidation sites excluding steroid dienone is 4. The molecule has 5 heterocycles. The molecule has 6 rings (SSSR count). The fourth-order valence-corrected chi connectivity index (χ4v) is 6.52. The van der Waals surface area contributed by atoms with Crippen LogP contribution in [-0.4, -0.2) is 57.6 Å². The Morgan fingerprint density at radius 3 is 2.65 bits per heavy atom. The normalized spacial score (nSPS) is 26.1. The van der Waals surface area contributed by atoms with Crippen molar-refractivity contribution in [3.8, 4) is 0 Å². The maximum Gasteiger partial charge on any atom is 0.223 e. The number of aromatic nitrogens is 2. The highest BCUT2D eigenvalue weighted by molar-refractivity contribution is 6.13. The van der Waals surface area contributed by atoms with Crippen LogP contribution < -0.4 is 5.32 Å². The summed E-state index contributed by atoms with van der Waals surface area (Å²) in [6, 6.07) is 3.01. The molecule has 0 aliphatic carbocycles. The second-order valence-corrected chi connectivity index (χ2v) is 12.6. The van der Waals surface area contributed by atoms with Crippen molar-refractivity contribution in [3.05, 3.63) is 70.8 Å². The molecule has 2 aromatic rings. The molecule has 10 heteroatoms. The zero-order chi connectivity index (χ0) is 30.5. The van der Waals surface area contributed by atoms with Crippen molar-refractivity contribution < 1.29 is 13.6 Å². The Labute approximate surface area is 250 Å². The van der Waals surface area contributed by atoms with Crippen LogP contribution in [0.4, 0.5) is 8.78 Å². The number of nitrogens with one attached hydrogen (secondary N) is 1. The third-order valence-electron chi connectivity index (χ3n) is 9.13. The van der Waals surface area contributed by atoms with Gasteiger partial charge in [0, 0.05) is 60.4 Å². The molecular weight excluding hydrogens is 548 g/mol. The van der Waals surface area contributed by atoms with Gasteiger partial charge >= 0.3 is 0 Å². The van der Waals surface area contributed by atoms with E-state index in [0.717, 1.165) is 13.0 Å². The highest BCUT2D eigenvalue weighted by Crippen LogP contribution is 2.41. The van der Waals surface area contributed by atoms with Crippen LogP contribution in [0.2, 0.25) is 0 Å². The fourth-order valence-electron chi connectivity index (χ4n) is 6.52.